The van der Waals surface area contributed by atoms with Crippen molar-refractivity contribution in [3.8, 4) is 0 Å². The zero-order valence-corrected chi connectivity index (χ0v) is 15.9. The van der Waals surface area contributed by atoms with Gasteiger partial charge in [0.25, 0.3) is 11.8 Å². The minimum atomic E-state index is -0.527. The van der Waals surface area contributed by atoms with Crippen LogP contribution in [0.15, 0.2) is 72.9 Å². The number of nitrogens with zero attached hydrogens (tertiary/aromatic N) is 1. The Morgan fingerprint density at radius 1 is 0.897 bits per heavy atom. The van der Waals surface area contributed by atoms with E-state index in [-0.39, 0.29) is 12.5 Å². The number of methoxy groups -OCH3 is 1. The molecule has 1 heterocycles. The lowest BCUT2D eigenvalue weighted by molar-refractivity contribution is -0.139. The highest BCUT2D eigenvalue weighted by atomic mass is 16.5. The van der Waals surface area contributed by atoms with Gasteiger partial charge in [0, 0.05) is 24.0 Å². The lowest BCUT2D eigenvalue weighted by atomic mass is 10.2. The molecule has 0 bridgehead atoms. The molecule has 0 aliphatic heterocycles. The smallest absolute Gasteiger partial charge is 0.325 e. The molecule has 7 heteroatoms. The third-order valence-electron chi connectivity index (χ3n) is 4.28. The first-order chi connectivity index (χ1) is 14.1. The molecule has 3 aromatic rings. The van der Waals surface area contributed by atoms with E-state index in [1.54, 1.807) is 30.3 Å². The van der Waals surface area contributed by atoms with Gasteiger partial charge in [0.2, 0.25) is 0 Å². The number of esters is 1. The van der Waals surface area contributed by atoms with Crippen molar-refractivity contribution in [2.75, 3.05) is 19.0 Å². The standard InChI is InChI=1S/C22H21N3O4/c1-29-20(26)14-23-21(27)17-9-11-18(12-10-17)24-22(28)19-8-5-13-25(19)15-16-6-3-2-4-7-16/h2-13H,14-15H2,1H3,(H,23,27)(H,24,28). The number of nitrogens with one attached hydrogen (secondary N) is 2. The van der Waals surface area contributed by atoms with E-state index in [1.807, 2.05) is 47.2 Å². The van der Waals surface area contributed by atoms with Gasteiger partial charge in [0.05, 0.1) is 7.11 Å². The zero-order valence-electron chi connectivity index (χ0n) is 15.9. The van der Waals surface area contributed by atoms with Crippen molar-refractivity contribution in [2.24, 2.45) is 0 Å². The summed E-state index contributed by atoms with van der Waals surface area (Å²) >= 11 is 0. The maximum absolute atomic E-state index is 12.7. The number of benzene rings is 2. The molecule has 148 valence electrons. The first kappa shape index (κ1) is 19.9. The van der Waals surface area contributed by atoms with Crippen molar-refractivity contribution in [2.45, 2.75) is 6.54 Å². The van der Waals surface area contributed by atoms with Gasteiger partial charge in [-0.05, 0) is 42.0 Å². The van der Waals surface area contributed by atoms with E-state index < -0.39 is 11.9 Å². The summed E-state index contributed by atoms with van der Waals surface area (Å²) in [5.41, 5.74) is 2.57. The highest BCUT2D eigenvalue weighted by Gasteiger charge is 2.12. The summed E-state index contributed by atoms with van der Waals surface area (Å²) < 4.78 is 6.35. The van der Waals surface area contributed by atoms with Gasteiger partial charge >= 0.3 is 5.97 Å². The molecule has 0 radical (unpaired) electrons. The summed E-state index contributed by atoms with van der Waals surface area (Å²) in [5, 5.41) is 5.29. The first-order valence-electron chi connectivity index (χ1n) is 9.02. The summed E-state index contributed by atoms with van der Waals surface area (Å²) in [6.07, 6.45) is 1.86. The van der Waals surface area contributed by atoms with E-state index in [4.69, 9.17) is 0 Å². The molecule has 7 nitrogen and oxygen atoms in total. The highest BCUT2D eigenvalue weighted by molar-refractivity contribution is 6.03. The minimum absolute atomic E-state index is 0.202. The molecule has 0 spiro atoms. The zero-order chi connectivity index (χ0) is 20.6. The predicted octanol–water partition coefficient (Wildman–Crippen LogP) is 2.69. The first-order valence-corrected chi connectivity index (χ1v) is 9.02. The summed E-state index contributed by atoms with van der Waals surface area (Å²) in [7, 11) is 1.25. The number of amides is 2. The third kappa shape index (κ3) is 5.32. The second kappa shape index (κ2) is 9.36. The van der Waals surface area contributed by atoms with Crippen LogP contribution in [0.3, 0.4) is 0 Å². The van der Waals surface area contributed by atoms with Gasteiger partial charge in [-0.3, -0.25) is 14.4 Å². The summed E-state index contributed by atoms with van der Waals surface area (Å²) in [6, 6.07) is 19.9. The number of hydrogen-bond donors (Lipinski definition) is 2. The second-order valence-electron chi connectivity index (χ2n) is 6.30. The van der Waals surface area contributed by atoms with E-state index in [9.17, 15) is 14.4 Å². The monoisotopic (exact) mass is 391 g/mol. The summed E-state index contributed by atoms with van der Waals surface area (Å²) in [4.78, 5) is 35.7. The van der Waals surface area contributed by atoms with Crippen LogP contribution in [0.25, 0.3) is 0 Å². The van der Waals surface area contributed by atoms with Crippen molar-refractivity contribution < 1.29 is 19.1 Å². The van der Waals surface area contributed by atoms with Crippen LogP contribution in [0, 0.1) is 0 Å². The molecule has 0 saturated carbocycles. The second-order valence-corrected chi connectivity index (χ2v) is 6.30. The van der Waals surface area contributed by atoms with Crippen molar-refractivity contribution in [3.63, 3.8) is 0 Å². The van der Waals surface area contributed by atoms with E-state index in [0.717, 1.165) is 5.56 Å². The van der Waals surface area contributed by atoms with Crippen LogP contribution in [0.4, 0.5) is 5.69 Å². The molecular weight excluding hydrogens is 370 g/mol. The molecule has 0 unspecified atom stereocenters. The fourth-order valence-electron chi connectivity index (χ4n) is 2.76. The molecule has 1 aromatic heterocycles. The van der Waals surface area contributed by atoms with Gasteiger partial charge < -0.3 is 19.9 Å². The summed E-state index contributed by atoms with van der Waals surface area (Å²) in [5.74, 6) is -1.17. The summed E-state index contributed by atoms with van der Waals surface area (Å²) in [6.45, 7) is 0.391. The molecule has 2 amide bonds. The number of carbonyl (C=O) groups excluding carboxylic acids is 3. The fraction of sp³-hybridized carbons (Fsp3) is 0.136. The lowest BCUT2D eigenvalue weighted by Crippen LogP contribution is -2.30. The lowest BCUT2D eigenvalue weighted by Gasteiger charge is -2.10. The predicted molar refractivity (Wildman–Crippen MR) is 109 cm³/mol. The maximum atomic E-state index is 12.7. The Kier molecular flexibility index (Phi) is 6.42. The Balaban J connectivity index is 1.62. The number of ether oxygens (including phenoxy) is 1. The molecule has 0 aliphatic rings. The van der Waals surface area contributed by atoms with Crippen molar-refractivity contribution in [1.29, 1.82) is 0 Å². The SMILES string of the molecule is COC(=O)CNC(=O)c1ccc(NC(=O)c2cccn2Cc2ccccc2)cc1. The molecule has 2 N–H and O–H groups in total. The largest absolute Gasteiger partial charge is 0.468 e. The van der Waals surface area contributed by atoms with Gasteiger partial charge in [0.15, 0.2) is 0 Å². The van der Waals surface area contributed by atoms with Crippen LogP contribution in [0.2, 0.25) is 0 Å². The number of carbonyl (C=O) groups is 3. The fourth-order valence-corrected chi connectivity index (χ4v) is 2.76. The molecule has 2 aromatic carbocycles. The third-order valence-corrected chi connectivity index (χ3v) is 4.28. The number of aromatic nitrogens is 1. The van der Waals surface area contributed by atoms with Crippen molar-refractivity contribution >= 4 is 23.5 Å². The van der Waals surface area contributed by atoms with Gasteiger partial charge in [-0.2, -0.15) is 0 Å². The van der Waals surface area contributed by atoms with Crippen molar-refractivity contribution in [3.05, 3.63) is 89.7 Å². The molecule has 0 saturated heterocycles. The van der Waals surface area contributed by atoms with E-state index in [0.29, 0.717) is 23.5 Å². The minimum Gasteiger partial charge on any atom is -0.468 e. The molecular formula is C22H21N3O4. The van der Waals surface area contributed by atoms with Crippen LogP contribution in [-0.2, 0) is 16.1 Å². The van der Waals surface area contributed by atoms with E-state index in [1.165, 1.54) is 7.11 Å². The Hall–Kier alpha value is -3.87. The molecule has 0 atom stereocenters. The maximum Gasteiger partial charge on any atom is 0.325 e. The van der Waals surface area contributed by atoms with Gasteiger partial charge in [-0.25, -0.2) is 0 Å². The van der Waals surface area contributed by atoms with Crippen LogP contribution in [-0.4, -0.2) is 36.0 Å². The number of hydrogen-bond acceptors (Lipinski definition) is 4. The van der Waals surface area contributed by atoms with Gasteiger partial charge in [0.1, 0.15) is 12.2 Å². The van der Waals surface area contributed by atoms with Gasteiger partial charge in [-0.1, -0.05) is 30.3 Å². The molecule has 0 fully saturated rings. The average Bonchev–Trinajstić information content (AvgIpc) is 3.21. The topological polar surface area (TPSA) is 89.4 Å². The molecule has 29 heavy (non-hydrogen) atoms. The van der Waals surface area contributed by atoms with E-state index >= 15 is 0 Å². The van der Waals surface area contributed by atoms with E-state index in [2.05, 4.69) is 15.4 Å². The Morgan fingerprint density at radius 2 is 1.62 bits per heavy atom. The Labute approximate surface area is 168 Å². The number of anilines is 1. The van der Waals surface area contributed by atoms with Crippen LogP contribution < -0.4 is 10.6 Å². The Morgan fingerprint density at radius 3 is 2.31 bits per heavy atom. The molecule has 0 aliphatic carbocycles. The van der Waals surface area contributed by atoms with Crippen LogP contribution in [0.1, 0.15) is 26.4 Å². The van der Waals surface area contributed by atoms with Crippen LogP contribution in [0.5, 0.6) is 0 Å². The van der Waals surface area contributed by atoms with Gasteiger partial charge in [-0.15, -0.1) is 0 Å². The Bertz CT molecular complexity index is 994. The quantitative estimate of drug-likeness (QED) is 0.606. The van der Waals surface area contributed by atoms with Crippen LogP contribution >= 0.6 is 0 Å². The molecule has 3 rings (SSSR count). The normalized spacial score (nSPS) is 10.2. The average molecular weight is 391 g/mol. The number of rotatable bonds is 7. The van der Waals surface area contributed by atoms with Crippen molar-refractivity contribution in [1.82, 2.24) is 9.88 Å². The highest BCUT2D eigenvalue weighted by Crippen LogP contribution is 2.13.